The van der Waals surface area contributed by atoms with E-state index in [0.29, 0.717) is 11.3 Å². The second-order valence-corrected chi connectivity index (χ2v) is 9.23. The molecule has 0 aliphatic carbocycles. The zero-order valence-electron chi connectivity index (χ0n) is 15.8. The van der Waals surface area contributed by atoms with Gasteiger partial charge >= 0.3 is 0 Å². The number of nitrogens with one attached hydrogen (secondary N) is 2. The molecule has 0 fully saturated rings. The highest BCUT2D eigenvalue weighted by Crippen LogP contribution is 2.32. The van der Waals surface area contributed by atoms with Crippen LogP contribution in [0.3, 0.4) is 0 Å². The fourth-order valence-electron chi connectivity index (χ4n) is 3.61. The zero-order chi connectivity index (χ0) is 20.6. The molecule has 1 aromatic heterocycles. The number of hydrogen-bond donors (Lipinski definition) is 2. The first-order chi connectivity index (χ1) is 13.8. The van der Waals surface area contributed by atoms with Gasteiger partial charge < -0.3 is 10.3 Å². The lowest BCUT2D eigenvalue weighted by Gasteiger charge is -2.26. The van der Waals surface area contributed by atoms with Crippen molar-refractivity contribution in [3.63, 3.8) is 0 Å². The van der Waals surface area contributed by atoms with E-state index in [1.165, 1.54) is 6.07 Å². The average Bonchev–Trinajstić information content (AvgIpc) is 2.70. The molecule has 7 heteroatoms. The highest BCUT2D eigenvalue weighted by atomic mass is 32.2. The summed E-state index contributed by atoms with van der Waals surface area (Å²) in [5.41, 5.74) is 2.62. The molecule has 1 aliphatic heterocycles. The third kappa shape index (κ3) is 3.73. The Morgan fingerprint density at radius 1 is 1.07 bits per heavy atom. The van der Waals surface area contributed by atoms with Crippen molar-refractivity contribution in [3.05, 3.63) is 87.7 Å². The number of carbonyl (C=O) groups excluding carboxylic acids is 1. The number of aromatic nitrogens is 1. The minimum atomic E-state index is -3.34. The molecule has 1 atom stereocenters. The third-order valence-electron chi connectivity index (χ3n) is 5.09. The SMILES string of the molecule is Cc1cccc(-c2ccc(C(=O)NC3CCS(=O)(=O)c4ccccc43)c(=O)[nH]2)c1. The molecule has 4 rings (SSSR count). The molecule has 2 heterocycles. The molecule has 1 amide bonds. The van der Waals surface area contributed by atoms with E-state index in [1.807, 2.05) is 31.2 Å². The molecule has 1 aliphatic rings. The molecule has 1 unspecified atom stereocenters. The molecule has 0 saturated carbocycles. The van der Waals surface area contributed by atoms with Crippen molar-refractivity contribution in [1.82, 2.24) is 10.3 Å². The van der Waals surface area contributed by atoms with Crippen LogP contribution in [0.15, 0.2) is 70.4 Å². The first-order valence-electron chi connectivity index (χ1n) is 9.28. The van der Waals surface area contributed by atoms with Gasteiger partial charge in [-0.1, -0.05) is 42.0 Å². The van der Waals surface area contributed by atoms with Crippen molar-refractivity contribution >= 4 is 15.7 Å². The predicted molar refractivity (Wildman–Crippen MR) is 111 cm³/mol. The van der Waals surface area contributed by atoms with Crippen LogP contribution in [-0.4, -0.2) is 25.1 Å². The number of aryl methyl sites for hydroxylation is 1. The molecule has 2 N–H and O–H groups in total. The lowest BCUT2D eigenvalue weighted by molar-refractivity contribution is 0.0933. The smallest absolute Gasteiger partial charge is 0.261 e. The van der Waals surface area contributed by atoms with Crippen LogP contribution in [0.2, 0.25) is 0 Å². The fourth-order valence-corrected chi connectivity index (χ4v) is 5.23. The summed E-state index contributed by atoms with van der Waals surface area (Å²) in [6.07, 6.45) is 0.268. The highest BCUT2D eigenvalue weighted by molar-refractivity contribution is 7.91. The van der Waals surface area contributed by atoms with E-state index in [0.717, 1.165) is 11.1 Å². The largest absolute Gasteiger partial charge is 0.345 e. The summed E-state index contributed by atoms with van der Waals surface area (Å²) in [7, 11) is -3.34. The first kappa shape index (κ1) is 19.1. The summed E-state index contributed by atoms with van der Waals surface area (Å²) in [4.78, 5) is 28.2. The van der Waals surface area contributed by atoms with Gasteiger partial charge in [0.15, 0.2) is 9.84 Å². The monoisotopic (exact) mass is 408 g/mol. The standard InChI is InChI=1S/C22H20N2O4S/c1-14-5-4-6-15(13-14)18-10-9-17(21(25)23-18)22(26)24-19-11-12-29(27,28)20-8-3-2-7-16(19)20/h2-10,13,19H,11-12H2,1H3,(H,23,25)(H,24,26). The molecular formula is C22H20N2O4S. The summed E-state index contributed by atoms with van der Waals surface area (Å²) >= 11 is 0. The minimum Gasteiger partial charge on any atom is -0.345 e. The summed E-state index contributed by atoms with van der Waals surface area (Å²) < 4.78 is 24.5. The van der Waals surface area contributed by atoms with E-state index >= 15 is 0 Å². The van der Waals surface area contributed by atoms with E-state index in [2.05, 4.69) is 10.3 Å². The number of fused-ring (bicyclic) bond motifs is 1. The number of rotatable bonds is 3. The van der Waals surface area contributed by atoms with Gasteiger partial charge in [-0.25, -0.2) is 8.42 Å². The Hall–Kier alpha value is -3.19. The Morgan fingerprint density at radius 2 is 1.86 bits per heavy atom. The Labute approximate surface area is 168 Å². The molecule has 148 valence electrons. The van der Waals surface area contributed by atoms with Gasteiger partial charge in [0.2, 0.25) is 0 Å². The normalized spacial score (nSPS) is 17.3. The number of sulfone groups is 1. The number of hydrogen-bond acceptors (Lipinski definition) is 4. The number of aromatic amines is 1. The highest BCUT2D eigenvalue weighted by Gasteiger charge is 2.31. The minimum absolute atomic E-state index is 0.00712. The summed E-state index contributed by atoms with van der Waals surface area (Å²) in [6, 6.07) is 17.1. The number of pyridine rings is 1. The van der Waals surface area contributed by atoms with Gasteiger partial charge in [-0.3, -0.25) is 9.59 Å². The Morgan fingerprint density at radius 3 is 2.62 bits per heavy atom. The number of amides is 1. The van der Waals surface area contributed by atoms with Crippen LogP contribution in [0.5, 0.6) is 0 Å². The van der Waals surface area contributed by atoms with Crippen LogP contribution >= 0.6 is 0 Å². The summed E-state index contributed by atoms with van der Waals surface area (Å²) in [6.45, 7) is 1.96. The van der Waals surface area contributed by atoms with Gasteiger partial charge in [0.05, 0.1) is 16.7 Å². The molecule has 0 saturated heterocycles. The van der Waals surface area contributed by atoms with Gasteiger partial charge in [0, 0.05) is 5.69 Å². The van der Waals surface area contributed by atoms with E-state index in [1.54, 1.807) is 30.3 Å². The van der Waals surface area contributed by atoms with Gasteiger partial charge in [0.25, 0.3) is 11.5 Å². The second-order valence-electron chi connectivity index (χ2n) is 7.16. The second kappa shape index (κ2) is 7.33. The van der Waals surface area contributed by atoms with Crippen molar-refractivity contribution in [2.24, 2.45) is 0 Å². The van der Waals surface area contributed by atoms with Crippen LogP contribution in [0.1, 0.15) is 33.9 Å². The lowest BCUT2D eigenvalue weighted by Crippen LogP contribution is -2.36. The van der Waals surface area contributed by atoms with Gasteiger partial charge in [-0.15, -0.1) is 0 Å². The van der Waals surface area contributed by atoms with Crippen molar-refractivity contribution in [2.45, 2.75) is 24.3 Å². The van der Waals surface area contributed by atoms with Crippen LogP contribution in [-0.2, 0) is 9.84 Å². The molecule has 6 nitrogen and oxygen atoms in total. The molecule has 2 aromatic carbocycles. The van der Waals surface area contributed by atoms with Crippen molar-refractivity contribution in [2.75, 3.05) is 5.75 Å². The number of benzene rings is 2. The molecule has 29 heavy (non-hydrogen) atoms. The van der Waals surface area contributed by atoms with E-state index < -0.39 is 27.3 Å². The van der Waals surface area contributed by atoms with Gasteiger partial charge in [-0.2, -0.15) is 0 Å². The molecule has 0 spiro atoms. The van der Waals surface area contributed by atoms with E-state index in [-0.39, 0.29) is 22.6 Å². The maximum Gasteiger partial charge on any atom is 0.261 e. The van der Waals surface area contributed by atoms with E-state index in [9.17, 15) is 18.0 Å². The summed E-state index contributed by atoms with van der Waals surface area (Å²) in [5, 5.41) is 2.81. The van der Waals surface area contributed by atoms with Crippen molar-refractivity contribution in [1.29, 1.82) is 0 Å². The Balaban J connectivity index is 1.61. The topological polar surface area (TPSA) is 96.1 Å². The predicted octanol–water partition coefficient (Wildman–Crippen LogP) is 3.00. The first-order valence-corrected chi connectivity index (χ1v) is 10.9. The quantitative estimate of drug-likeness (QED) is 0.696. The van der Waals surface area contributed by atoms with Crippen LogP contribution in [0, 0.1) is 6.92 Å². The average molecular weight is 408 g/mol. The number of carbonyl (C=O) groups is 1. The van der Waals surface area contributed by atoms with Crippen LogP contribution < -0.4 is 10.9 Å². The fraction of sp³-hybridized carbons (Fsp3) is 0.182. The number of H-pyrrole nitrogens is 1. The van der Waals surface area contributed by atoms with Crippen molar-refractivity contribution in [3.8, 4) is 11.3 Å². The van der Waals surface area contributed by atoms with Gasteiger partial charge in [-0.05, 0) is 48.7 Å². The molecule has 0 bridgehead atoms. The Kier molecular flexibility index (Phi) is 4.84. The lowest BCUT2D eigenvalue weighted by atomic mass is 10.0. The third-order valence-corrected chi connectivity index (χ3v) is 6.91. The zero-order valence-corrected chi connectivity index (χ0v) is 16.6. The summed E-state index contributed by atoms with van der Waals surface area (Å²) in [5.74, 6) is -0.571. The Bertz CT molecular complexity index is 1260. The maximum absolute atomic E-state index is 12.7. The van der Waals surface area contributed by atoms with Crippen molar-refractivity contribution < 1.29 is 13.2 Å². The molecule has 3 aromatic rings. The maximum atomic E-state index is 12.7. The molecular weight excluding hydrogens is 388 g/mol. The van der Waals surface area contributed by atoms with E-state index in [4.69, 9.17) is 0 Å². The molecule has 0 radical (unpaired) electrons. The van der Waals surface area contributed by atoms with Crippen LogP contribution in [0.25, 0.3) is 11.3 Å². The van der Waals surface area contributed by atoms with Crippen LogP contribution in [0.4, 0.5) is 0 Å². The van der Waals surface area contributed by atoms with Gasteiger partial charge in [0.1, 0.15) is 5.56 Å².